The monoisotopic (exact) mass is 258 g/mol. The first-order valence-electron chi connectivity index (χ1n) is 5.13. The number of hydrogen-bond donors (Lipinski definition) is 1. The average Bonchev–Trinajstić information content (AvgIpc) is 2.26. The van der Waals surface area contributed by atoms with Crippen molar-refractivity contribution in [2.45, 2.75) is 13.3 Å². The highest BCUT2D eigenvalue weighted by Crippen LogP contribution is 2.13. The van der Waals surface area contributed by atoms with Crippen LogP contribution >= 0.6 is 0 Å². The molecule has 5 nitrogen and oxygen atoms in total. The molecule has 0 bridgehead atoms. The molecule has 0 fully saturated rings. The Morgan fingerprint density at radius 2 is 1.88 bits per heavy atom. The zero-order valence-electron chi connectivity index (χ0n) is 9.42. The predicted octanol–water partition coefficient (Wildman–Crippen LogP) is 1.55. The number of carbonyl (C=O) groups is 1. The maximum atomic E-state index is 11.5. The molecule has 0 heterocycles. The number of ketones is 1. The summed E-state index contributed by atoms with van der Waals surface area (Å²) in [6, 6.07) is 6.42. The lowest BCUT2D eigenvalue weighted by Crippen LogP contribution is -2.10. The molecule has 0 saturated carbocycles. The van der Waals surface area contributed by atoms with Crippen molar-refractivity contribution in [3.8, 4) is 5.75 Å². The van der Waals surface area contributed by atoms with Gasteiger partial charge in [0.1, 0.15) is 5.75 Å². The number of Topliss-reactive ketones (excluding diaryl/α,β-unsaturated/α-hetero) is 1. The number of carbonyl (C=O) groups excluding carboxylic acids is 1. The minimum Gasteiger partial charge on any atom is -0.494 e. The Balaban J connectivity index is 2.64. The summed E-state index contributed by atoms with van der Waals surface area (Å²) in [7, 11) is -4.09. The van der Waals surface area contributed by atoms with Crippen LogP contribution in [0.15, 0.2) is 24.3 Å². The largest absolute Gasteiger partial charge is 0.494 e. The topological polar surface area (TPSA) is 80.7 Å². The molecule has 0 aliphatic carbocycles. The smallest absolute Gasteiger partial charge is 0.265 e. The van der Waals surface area contributed by atoms with E-state index in [1.807, 2.05) is 6.92 Å². The molecular weight excluding hydrogens is 244 g/mol. The van der Waals surface area contributed by atoms with E-state index >= 15 is 0 Å². The Labute approximate surface area is 100 Å². The van der Waals surface area contributed by atoms with Crippen LogP contribution in [0.25, 0.3) is 0 Å². The lowest BCUT2D eigenvalue weighted by atomic mass is 10.1. The number of hydrogen-bond acceptors (Lipinski definition) is 4. The zero-order chi connectivity index (χ0) is 12.9. The zero-order valence-corrected chi connectivity index (χ0v) is 10.2. The van der Waals surface area contributed by atoms with Crippen LogP contribution in [-0.4, -0.2) is 31.1 Å². The van der Waals surface area contributed by atoms with Crippen molar-refractivity contribution >= 4 is 15.9 Å². The summed E-state index contributed by atoms with van der Waals surface area (Å²) in [5.74, 6) is -0.233. The number of rotatable bonds is 6. The van der Waals surface area contributed by atoms with Gasteiger partial charge in [-0.3, -0.25) is 9.35 Å². The van der Waals surface area contributed by atoms with E-state index in [1.54, 1.807) is 24.3 Å². The van der Waals surface area contributed by atoms with E-state index in [4.69, 9.17) is 9.29 Å². The van der Waals surface area contributed by atoms with Crippen molar-refractivity contribution < 1.29 is 22.5 Å². The summed E-state index contributed by atoms with van der Waals surface area (Å²) >= 11 is 0. The molecule has 17 heavy (non-hydrogen) atoms. The van der Waals surface area contributed by atoms with Crippen LogP contribution in [0.4, 0.5) is 0 Å². The van der Waals surface area contributed by atoms with Gasteiger partial charge in [0.15, 0.2) is 5.78 Å². The standard InChI is InChI=1S/C11H14O5S/c1-2-16-10-5-3-9(4-6-10)11(12)7-8-17(13,14)15/h3-6H,2,7-8H2,1H3,(H,13,14,15). The molecule has 0 amide bonds. The molecule has 0 spiro atoms. The molecule has 1 rings (SSSR count). The fraction of sp³-hybridized carbons (Fsp3) is 0.364. The van der Waals surface area contributed by atoms with E-state index in [2.05, 4.69) is 0 Å². The molecular formula is C11H14O5S. The number of ether oxygens (including phenoxy) is 1. The highest BCUT2D eigenvalue weighted by Gasteiger charge is 2.11. The second kappa shape index (κ2) is 5.79. The summed E-state index contributed by atoms with van der Waals surface area (Å²) in [4.78, 5) is 11.5. The van der Waals surface area contributed by atoms with Crippen LogP contribution in [0.3, 0.4) is 0 Å². The Morgan fingerprint density at radius 1 is 1.29 bits per heavy atom. The fourth-order valence-electron chi connectivity index (χ4n) is 1.27. The average molecular weight is 258 g/mol. The van der Waals surface area contributed by atoms with Gasteiger partial charge in [-0.25, -0.2) is 0 Å². The lowest BCUT2D eigenvalue weighted by Gasteiger charge is -2.04. The first-order valence-corrected chi connectivity index (χ1v) is 6.74. The van der Waals surface area contributed by atoms with Crippen molar-refractivity contribution in [3.63, 3.8) is 0 Å². The Bertz CT molecular complexity index is 475. The molecule has 0 aliphatic heterocycles. The van der Waals surface area contributed by atoms with Gasteiger partial charge in [-0.2, -0.15) is 8.42 Å². The maximum Gasteiger partial charge on any atom is 0.265 e. The molecule has 1 aromatic carbocycles. The molecule has 1 N–H and O–H groups in total. The second-order valence-corrected chi connectivity index (χ2v) is 4.99. The predicted molar refractivity (Wildman–Crippen MR) is 63.0 cm³/mol. The SMILES string of the molecule is CCOc1ccc(C(=O)CCS(=O)(=O)O)cc1. The van der Waals surface area contributed by atoms with Gasteiger partial charge < -0.3 is 4.74 Å². The molecule has 0 aromatic heterocycles. The molecule has 94 valence electrons. The normalized spacial score (nSPS) is 11.2. The molecule has 6 heteroatoms. The Kier molecular flexibility index (Phi) is 4.65. The fourth-order valence-corrected chi connectivity index (χ4v) is 1.71. The molecule has 0 unspecified atom stereocenters. The van der Waals surface area contributed by atoms with Gasteiger partial charge in [-0.1, -0.05) is 0 Å². The van der Waals surface area contributed by atoms with Crippen LogP contribution in [0, 0.1) is 0 Å². The summed E-state index contributed by atoms with van der Waals surface area (Å²) in [6.07, 6.45) is -0.229. The van der Waals surface area contributed by atoms with Crippen LogP contribution in [0.1, 0.15) is 23.7 Å². The summed E-state index contributed by atoms with van der Waals surface area (Å²) in [5.41, 5.74) is 0.400. The minimum atomic E-state index is -4.09. The van der Waals surface area contributed by atoms with Crippen molar-refractivity contribution in [1.82, 2.24) is 0 Å². The molecule has 0 aliphatic rings. The summed E-state index contributed by atoms with van der Waals surface area (Å²) < 4.78 is 34.7. The molecule has 0 radical (unpaired) electrons. The first kappa shape index (κ1) is 13.7. The first-order chi connectivity index (χ1) is 7.92. The molecule has 0 atom stereocenters. The van der Waals surface area contributed by atoms with E-state index in [0.717, 1.165) is 0 Å². The number of benzene rings is 1. The van der Waals surface area contributed by atoms with E-state index in [1.165, 1.54) is 0 Å². The highest BCUT2D eigenvalue weighted by atomic mass is 32.2. The van der Waals surface area contributed by atoms with Gasteiger partial charge in [0.25, 0.3) is 10.1 Å². The van der Waals surface area contributed by atoms with Crippen LogP contribution in [0.2, 0.25) is 0 Å². The van der Waals surface area contributed by atoms with Crippen LogP contribution < -0.4 is 4.74 Å². The van der Waals surface area contributed by atoms with Crippen molar-refractivity contribution in [2.75, 3.05) is 12.4 Å². The third-order valence-electron chi connectivity index (χ3n) is 2.07. The van der Waals surface area contributed by atoms with E-state index in [9.17, 15) is 13.2 Å². The van der Waals surface area contributed by atoms with E-state index < -0.39 is 15.9 Å². The lowest BCUT2D eigenvalue weighted by molar-refractivity contribution is 0.0988. The van der Waals surface area contributed by atoms with Gasteiger partial charge in [-0.05, 0) is 31.2 Å². The summed E-state index contributed by atoms with van der Waals surface area (Å²) in [6.45, 7) is 2.39. The Hall–Kier alpha value is -1.40. The van der Waals surface area contributed by atoms with E-state index in [-0.39, 0.29) is 12.2 Å². The van der Waals surface area contributed by atoms with Gasteiger partial charge in [-0.15, -0.1) is 0 Å². The minimum absolute atomic E-state index is 0.229. The van der Waals surface area contributed by atoms with Gasteiger partial charge >= 0.3 is 0 Å². The molecule has 0 saturated heterocycles. The van der Waals surface area contributed by atoms with Crippen molar-refractivity contribution in [3.05, 3.63) is 29.8 Å². The van der Waals surface area contributed by atoms with Crippen molar-refractivity contribution in [1.29, 1.82) is 0 Å². The van der Waals surface area contributed by atoms with E-state index in [0.29, 0.717) is 17.9 Å². The maximum absolute atomic E-state index is 11.5. The Morgan fingerprint density at radius 3 is 2.35 bits per heavy atom. The van der Waals surface area contributed by atoms with Gasteiger partial charge in [0.05, 0.1) is 12.4 Å². The van der Waals surface area contributed by atoms with Crippen LogP contribution in [0.5, 0.6) is 5.75 Å². The summed E-state index contributed by atoms with van der Waals surface area (Å²) in [5, 5.41) is 0. The second-order valence-electron chi connectivity index (χ2n) is 3.42. The third-order valence-corrected chi connectivity index (χ3v) is 2.79. The van der Waals surface area contributed by atoms with Gasteiger partial charge in [0.2, 0.25) is 0 Å². The quantitative estimate of drug-likeness (QED) is 0.618. The highest BCUT2D eigenvalue weighted by molar-refractivity contribution is 7.85. The third kappa shape index (κ3) is 4.97. The van der Waals surface area contributed by atoms with Crippen molar-refractivity contribution in [2.24, 2.45) is 0 Å². The molecule has 1 aromatic rings. The van der Waals surface area contributed by atoms with Crippen LogP contribution in [-0.2, 0) is 10.1 Å². The van der Waals surface area contributed by atoms with Gasteiger partial charge in [0, 0.05) is 12.0 Å².